The van der Waals surface area contributed by atoms with Crippen LogP contribution in [0.25, 0.3) is 49.9 Å². The maximum absolute atomic E-state index is 5.64. The molecule has 4 aromatic heterocycles. The van der Waals surface area contributed by atoms with Gasteiger partial charge in [0, 0.05) is 34.1 Å². The zero-order valence-corrected chi connectivity index (χ0v) is 14.9. The number of benzene rings is 2. The molecule has 0 amide bonds. The number of nitrogens with zero attached hydrogens (tertiary/aromatic N) is 3. The predicted molar refractivity (Wildman–Crippen MR) is 112 cm³/mol. The molecular weight excluding hydrogens is 346 g/mol. The smallest absolute Gasteiger partial charge is 0.138 e. The van der Waals surface area contributed by atoms with Crippen molar-refractivity contribution in [1.82, 2.24) is 14.5 Å². The lowest BCUT2D eigenvalue weighted by Crippen LogP contribution is -1.98. The number of rotatable bonds is 2. The molecule has 28 heavy (non-hydrogen) atoms. The Bertz CT molecular complexity index is 1460. The maximum Gasteiger partial charge on any atom is 0.138 e. The van der Waals surface area contributed by atoms with Crippen LogP contribution in [0, 0.1) is 0 Å². The standard InChI is InChI=1S/C24H15N3O/c1-2-6-20-17(4-1)24-18-12-15-28-22(18)9-8-21(24)27(20)23-7-3-5-19(26-23)16-10-13-25-14-11-16/h1-15H. The molecule has 6 aromatic rings. The Morgan fingerprint density at radius 2 is 1.61 bits per heavy atom. The molecule has 6 rings (SSSR count). The Morgan fingerprint density at radius 1 is 0.714 bits per heavy atom. The Labute approximate surface area is 160 Å². The van der Waals surface area contributed by atoms with E-state index in [-0.39, 0.29) is 0 Å². The highest BCUT2D eigenvalue weighted by Gasteiger charge is 2.16. The van der Waals surface area contributed by atoms with E-state index in [1.54, 1.807) is 18.7 Å². The Balaban J connectivity index is 1.71. The predicted octanol–water partition coefficient (Wildman–Crippen LogP) is 5.99. The van der Waals surface area contributed by atoms with Crippen molar-refractivity contribution in [3.8, 4) is 17.1 Å². The normalized spacial score (nSPS) is 11.6. The first-order chi connectivity index (χ1) is 13.9. The first-order valence-electron chi connectivity index (χ1n) is 9.17. The zero-order valence-electron chi connectivity index (χ0n) is 14.9. The molecule has 4 heterocycles. The van der Waals surface area contributed by atoms with Crippen LogP contribution in [0.4, 0.5) is 0 Å². The van der Waals surface area contributed by atoms with E-state index in [4.69, 9.17) is 9.40 Å². The summed E-state index contributed by atoms with van der Waals surface area (Å²) in [7, 11) is 0. The van der Waals surface area contributed by atoms with Crippen LogP contribution in [0.2, 0.25) is 0 Å². The SMILES string of the molecule is c1cc(-c2ccncc2)nc(-n2c3ccccc3c3c4ccoc4ccc32)c1. The quantitative estimate of drug-likeness (QED) is 0.381. The van der Waals surface area contributed by atoms with Gasteiger partial charge in [0.05, 0.1) is 23.0 Å². The third kappa shape index (κ3) is 2.12. The molecule has 0 aliphatic carbocycles. The van der Waals surface area contributed by atoms with Gasteiger partial charge in [-0.05, 0) is 48.5 Å². The number of hydrogen-bond acceptors (Lipinski definition) is 3. The van der Waals surface area contributed by atoms with Crippen LogP contribution in [-0.4, -0.2) is 14.5 Å². The van der Waals surface area contributed by atoms with Crippen molar-refractivity contribution in [2.45, 2.75) is 0 Å². The number of fused-ring (bicyclic) bond motifs is 5. The van der Waals surface area contributed by atoms with Crippen LogP contribution in [0.5, 0.6) is 0 Å². The second-order valence-corrected chi connectivity index (χ2v) is 6.76. The lowest BCUT2D eigenvalue weighted by atomic mass is 10.1. The summed E-state index contributed by atoms with van der Waals surface area (Å²) in [6.07, 6.45) is 5.33. The summed E-state index contributed by atoms with van der Waals surface area (Å²) >= 11 is 0. The molecule has 4 heteroatoms. The maximum atomic E-state index is 5.64. The number of aromatic nitrogens is 3. The van der Waals surface area contributed by atoms with Gasteiger partial charge in [-0.3, -0.25) is 9.55 Å². The van der Waals surface area contributed by atoms with Gasteiger partial charge in [0.25, 0.3) is 0 Å². The van der Waals surface area contributed by atoms with E-state index in [1.807, 2.05) is 30.3 Å². The number of pyridine rings is 2. The minimum Gasteiger partial charge on any atom is -0.464 e. The Morgan fingerprint density at radius 3 is 2.54 bits per heavy atom. The molecule has 132 valence electrons. The van der Waals surface area contributed by atoms with E-state index >= 15 is 0 Å². The summed E-state index contributed by atoms with van der Waals surface area (Å²) in [5, 5.41) is 3.51. The fraction of sp³-hybridized carbons (Fsp3) is 0. The summed E-state index contributed by atoms with van der Waals surface area (Å²) in [6, 6.07) is 24.7. The van der Waals surface area contributed by atoms with Crippen LogP contribution >= 0.6 is 0 Å². The van der Waals surface area contributed by atoms with Gasteiger partial charge in [-0.1, -0.05) is 24.3 Å². The topological polar surface area (TPSA) is 43.9 Å². The molecule has 0 saturated carbocycles. The third-order valence-electron chi connectivity index (χ3n) is 5.21. The van der Waals surface area contributed by atoms with Crippen molar-refractivity contribution < 1.29 is 4.42 Å². The first-order valence-corrected chi connectivity index (χ1v) is 9.17. The summed E-state index contributed by atoms with van der Waals surface area (Å²) < 4.78 is 7.86. The number of para-hydroxylation sites is 1. The molecule has 0 N–H and O–H groups in total. The molecule has 0 spiro atoms. The van der Waals surface area contributed by atoms with Crippen molar-refractivity contribution in [2.24, 2.45) is 0 Å². The van der Waals surface area contributed by atoms with Gasteiger partial charge in [0.15, 0.2) is 0 Å². The van der Waals surface area contributed by atoms with Gasteiger partial charge in [-0.15, -0.1) is 0 Å². The lowest BCUT2D eigenvalue weighted by Gasteiger charge is -2.09. The molecular formula is C24H15N3O. The van der Waals surface area contributed by atoms with Crippen molar-refractivity contribution in [1.29, 1.82) is 0 Å². The van der Waals surface area contributed by atoms with Crippen LogP contribution in [-0.2, 0) is 0 Å². The van der Waals surface area contributed by atoms with Crippen molar-refractivity contribution >= 4 is 32.8 Å². The molecule has 0 radical (unpaired) electrons. The second-order valence-electron chi connectivity index (χ2n) is 6.76. The third-order valence-corrected chi connectivity index (χ3v) is 5.21. The van der Waals surface area contributed by atoms with Crippen molar-refractivity contribution in [2.75, 3.05) is 0 Å². The highest BCUT2D eigenvalue weighted by atomic mass is 16.3. The van der Waals surface area contributed by atoms with Crippen LogP contribution in [0.1, 0.15) is 0 Å². The van der Waals surface area contributed by atoms with Gasteiger partial charge in [-0.25, -0.2) is 4.98 Å². The van der Waals surface area contributed by atoms with E-state index in [1.165, 1.54) is 10.8 Å². The average Bonchev–Trinajstić information content (AvgIpc) is 3.36. The molecule has 0 fully saturated rings. The highest BCUT2D eigenvalue weighted by Crippen LogP contribution is 2.36. The monoisotopic (exact) mass is 361 g/mol. The van der Waals surface area contributed by atoms with Gasteiger partial charge in [0.1, 0.15) is 11.4 Å². The van der Waals surface area contributed by atoms with Crippen molar-refractivity contribution in [3.05, 3.63) is 91.5 Å². The molecule has 4 nitrogen and oxygen atoms in total. The summed E-state index contributed by atoms with van der Waals surface area (Å²) in [4.78, 5) is 9.07. The summed E-state index contributed by atoms with van der Waals surface area (Å²) in [5.74, 6) is 0.892. The Kier molecular flexibility index (Phi) is 3.14. The van der Waals surface area contributed by atoms with Gasteiger partial charge in [-0.2, -0.15) is 0 Å². The highest BCUT2D eigenvalue weighted by molar-refractivity contribution is 6.20. The van der Waals surface area contributed by atoms with E-state index < -0.39 is 0 Å². The van der Waals surface area contributed by atoms with Gasteiger partial charge in [0.2, 0.25) is 0 Å². The zero-order chi connectivity index (χ0) is 18.5. The molecule has 0 aliphatic rings. The molecule has 0 bridgehead atoms. The minimum absolute atomic E-state index is 0.892. The van der Waals surface area contributed by atoms with Crippen molar-refractivity contribution in [3.63, 3.8) is 0 Å². The minimum atomic E-state index is 0.892. The summed E-state index contributed by atoms with van der Waals surface area (Å²) in [5.41, 5.74) is 5.12. The van der Waals surface area contributed by atoms with E-state index in [0.29, 0.717) is 0 Å². The van der Waals surface area contributed by atoms with Crippen LogP contribution in [0.15, 0.2) is 95.9 Å². The van der Waals surface area contributed by atoms with E-state index in [2.05, 4.69) is 52.0 Å². The van der Waals surface area contributed by atoms with Gasteiger partial charge >= 0.3 is 0 Å². The first kappa shape index (κ1) is 15.2. The molecule has 0 aliphatic heterocycles. The fourth-order valence-electron chi connectivity index (χ4n) is 3.99. The molecule has 2 aromatic carbocycles. The van der Waals surface area contributed by atoms with E-state index in [9.17, 15) is 0 Å². The average molecular weight is 361 g/mol. The molecule has 0 unspecified atom stereocenters. The van der Waals surface area contributed by atoms with Crippen LogP contribution < -0.4 is 0 Å². The fourth-order valence-corrected chi connectivity index (χ4v) is 3.99. The summed E-state index contributed by atoms with van der Waals surface area (Å²) in [6.45, 7) is 0. The number of hydrogen-bond donors (Lipinski definition) is 0. The molecule has 0 saturated heterocycles. The molecule has 0 atom stereocenters. The van der Waals surface area contributed by atoms with E-state index in [0.717, 1.165) is 39.1 Å². The lowest BCUT2D eigenvalue weighted by molar-refractivity contribution is 0.616. The van der Waals surface area contributed by atoms with Gasteiger partial charge < -0.3 is 4.42 Å². The second kappa shape index (κ2) is 5.79. The number of furan rings is 1. The largest absolute Gasteiger partial charge is 0.464 e. The van der Waals surface area contributed by atoms with Crippen LogP contribution in [0.3, 0.4) is 0 Å². The Hall–Kier alpha value is -3.92.